The van der Waals surface area contributed by atoms with Crippen LogP contribution < -0.4 is 24.8 Å². The first-order valence-electron chi connectivity index (χ1n) is 11.1. The van der Waals surface area contributed by atoms with E-state index in [4.69, 9.17) is 14.2 Å². The number of fused-ring (bicyclic) bond motifs is 1. The molecule has 2 amide bonds. The number of carbonyl (C=O) groups excluding carboxylic acids is 2. The zero-order valence-electron chi connectivity index (χ0n) is 18.6. The van der Waals surface area contributed by atoms with E-state index in [-0.39, 0.29) is 30.6 Å². The van der Waals surface area contributed by atoms with Gasteiger partial charge < -0.3 is 24.8 Å². The molecule has 1 fully saturated rings. The smallest absolute Gasteiger partial charge is 0.258 e. The van der Waals surface area contributed by atoms with Crippen LogP contribution >= 0.6 is 0 Å². The Balaban J connectivity index is 1.15. The number of ether oxygens (including phenoxy) is 3. The minimum absolute atomic E-state index is 0.0268. The van der Waals surface area contributed by atoms with E-state index in [1.807, 2.05) is 56.3 Å². The van der Waals surface area contributed by atoms with Crippen molar-refractivity contribution >= 4 is 11.8 Å². The van der Waals surface area contributed by atoms with Gasteiger partial charge in [0.05, 0.1) is 0 Å². The Kier molecular flexibility index (Phi) is 6.53. The van der Waals surface area contributed by atoms with Crippen LogP contribution in [0.5, 0.6) is 17.2 Å². The summed E-state index contributed by atoms with van der Waals surface area (Å²) in [6, 6.07) is 13.6. The molecule has 1 aliphatic heterocycles. The van der Waals surface area contributed by atoms with Gasteiger partial charge in [0.25, 0.3) is 11.8 Å². The van der Waals surface area contributed by atoms with Crippen molar-refractivity contribution in [2.24, 2.45) is 0 Å². The quantitative estimate of drug-likeness (QED) is 0.596. The number of hydrogen-bond donors (Lipinski definition) is 2. The predicted molar refractivity (Wildman–Crippen MR) is 120 cm³/mol. The van der Waals surface area contributed by atoms with E-state index in [0.717, 1.165) is 36.1 Å². The average molecular weight is 439 g/mol. The summed E-state index contributed by atoms with van der Waals surface area (Å²) in [7, 11) is 0. The molecule has 1 saturated carbocycles. The largest absolute Gasteiger partial charge is 0.484 e. The van der Waals surface area contributed by atoms with Crippen molar-refractivity contribution in [1.82, 2.24) is 10.6 Å². The molecule has 170 valence electrons. The lowest BCUT2D eigenvalue weighted by Crippen LogP contribution is -2.30. The highest BCUT2D eigenvalue weighted by molar-refractivity contribution is 5.78. The molecular formula is C25H30N2O5. The Bertz CT molecular complexity index is 967. The molecule has 0 radical (unpaired) electrons. The van der Waals surface area contributed by atoms with E-state index < -0.39 is 0 Å². The molecule has 0 unspecified atom stereocenters. The second kappa shape index (κ2) is 9.51. The molecule has 7 heteroatoms. The van der Waals surface area contributed by atoms with Crippen LogP contribution in [0.4, 0.5) is 0 Å². The average Bonchev–Trinajstić information content (AvgIpc) is 3.50. The first kappa shape index (κ1) is 22.0. The van der Waals surface area contributed by atoms with Gasteiger partial charge in [0.1, 0.15) is 11.4 Å². The third kappa shape index (κ3) is 6.15. The summed E-state index contributed by atoms with van der Waals surface area (Å²) in [4.78, 5) is 23.9. The van der Waals surface area contributed by atoms with E-state index in [1.54, 1.807) is 0 Å². The van der Waals surface area contributed by atoms with Gasteiger partial charge in [-0.25, -0.2) is 0 Å². The summed E-state index contributed by atoms with van der Waals surface area (Å²) >= 11 is 0. The summed E-state index contributed by atoms with van der Waals surface area (Å²) < 4.78 is 17.2. The molecule has 0 bridgehead atoms. The van der Waals surface area contributed by atoms with Crippen molar-refractivity contribution < 1.29 is 23.8 Å². The zero-order valence-corrected chi connectivity index (χ0v) is 18.6. The zero-order chi connectivity index (χ0) is 22.6. The van der Waals surface area contributed by atoms with Gasteiger partial charge in [-0.15, -0.1) is 0 Å². The highest BCUT2D eigenvalue weighted by Crippen LogP contribution is 2.41. The van der Waals surface area contributed by atoms with E-state index in [0.29, 0.717) is 30.5 Å². The molecule has 0 aromatic heterocycles. The fourth-order valence-electron chi connectivity index (χ4n) is 3.64. The van der Waals surface area contributed by atoms with E-state index >= 15 is 0 Å². The molecule has 2 aromatic carbocycles. The summed E-state index contributed by atoms with van der Waals surface area (Å²) in [5, 5.41) is 5.76. The number of amides is 2. The minimum Gasteiger partial charge on any atom is -0.484 e. The van der Waals surface area contributed by atoms with E-state index in [2.05, 4.69) is 10.6 Å². The molecule has 0 atom stereocenters. The second-order valence-electron chi connectivity index (χ2n) is 8.95. The molecule has 2 aromatic rings. The normalized spacial score (nSPS) is 15.9. The van der Waals surface area contributed by atoms with Crippen molar-refractivity contribution in [3.05, 3.63) is 53.6 Å². The number of rotatable bonds is 10. The van der Waals surface area contributed by atoms with Crippen LogP contribution in [0.25, 0.3) is 0 Å². The molecule has 1 heterocycles. The van der Waals surface area contributed by atoms with Gasteiger partial charge in [0, 0.05) is 24.6 Å². The summed E-state index contributed by atoms with van der Waals surface area (Å²) in [6.07, 6.45) is 3.63. The van der Waals surface area contributed by atoms with Crippen LogP contribution in [0, 0.1) is 0 Å². The third-order valence-electron chi connectivity index (χ3n) is 5.39. The molecule has 32 heavy (non-hydrogen) atoms. The highest BCUT2D eigenvalue weighted by Gasteiger charge is 2.32. The fourth-order valence-corrected chi connectivity index (χ4v) is 3.64. The van der Waals surface area contributed by atoms with Gasteiger partial charge in [0.15, 0.2) is 24.7 Å². The van der Waals surface area contributed by atoms with Crippen molar-refractivity contribution in [3.63, 3.8) is 0 Å². The van der Waals surface area contributed by atoms with Gasteiger partial charge in [-0.3, -0.25) is 9.59 Å². The van der Waals surface area contributed by atoms with Crippen molar-refractivity contribution in [2.75, 3.05) is 19.8 Å². The number of benzene rings is 2. The van der Waals surface area contributed by atoms with Crippen LogP contribution in [-0.2, 0) is 22.4 Å². The highest BCUT2D eigenvalue weighted by atomic mass is 16.5. The third-order valence-corrected chi connectivity index (χ3v) is 5.39. The topological polar surface area (TPSA) is 85.9 Å². The number of hydrogen-bond acceptors (Lipinski definition) is 5. The first-order chi connectivity index (χ1) is 15.4. The lowest BCUT2D eigenvalue weighted by molar-refractivity contribution is -0.123. The summed E-state index contributed by atoms with van der Waals surface area (Å²) in [6.45, 7) is 4.54. The van der Waals surface area contributed by atoms with Gasteiger partial charge in [-0.2, -0.15) is 0 Å². The maximum Gasteiger partial charge on any atom is 0.258 e. The number of carbonyl (C=O) groups is 2. The van der Waals surface area contributed by atoms with Crippen LogP contribution in [0.15, 0.2) is 42.5 Å². The molecule has 0 saturated heterocycles. The van der Waals surface area contributed by atoms with Gasteiger partial charge in [0.2, 0.25) is 0 Å². The Labute approximate surface area is 188 Å². The van der Waals surface area contributed by atoms with Crippen LogP contribution in [-0.4, -0.2) is 43.2 Å². The molecule has 1 aliphatic carbocycles. The second-order valence-corrected chi connectivity index (χ2v) is 8.95. The lowest BCUT2D eigenvalue weighted by atomic mass is 10.0. The SMILES string of the molecule is CC1(C)Cc2cccc(OCC(=O)NCCc3ccc(OCC(=O)NC4CC4)cc3)c2O1. The Morgan fingerprint density at radius 2 is 1.78 bits per heavy atom. The van der Waals surface area contributed by atoms with Crippen molar-refractivity contribution in [1.29, 1.82) is 0 Å². The number of para-hydroxylation sites is 1. The van der Waals surface area contributed by atoms with Crippen LogP contribution in [0.3, 0.4) is 0 Å². The van der Waals surface area contributed by atoms with E-state index in [1.165, 1.54) is 0 Å². The minimum atomic E-state index is -0.256. The Morgan fingerprint density at radius 1 is 1.03 bits per heavy atom. The maximum atomic E-state index is 12.2. The number of nitrogens with one attached hydrogen (secondary N) is 2. The van der Waals surface area contributed by atoms with Crippen LogP contribution in [0.2, 0.25) is 0 Å². The monoisotopic (exact) mass is 438 g/mol. The molecule has 4 rings (SSSR count). The first-order valence-corrected chi connectivity index (χ1v) is 11.1. The summed E-state index contributed by atoms with van der Waals surface area (Å²) in [5.74, 6) is 1.72. The molecule has 7 nitrogen and oxygen atoms in total. The fraction of sp³-hybridized carbons (Fsp3) is 0.440. The van der Waals surface area contributed by atoms with Crippen molar-refractivity contribution in [3.8, 4) is 17.2 Å². The predicted octanol–water partition coefficient (Wildman–Crippen LogP) is 2.80. The summed E-state index contributed by atoms with van der Waals surface area (Å²) in [5.41, 5.74) is 1.91. The lowest BCUT2D eigenvalue weighted by Gasteiger charge is -2.18. The van der Waals surface area contributed by atoms with Crippen molar-refractivity contribution in [2.45, 2.75) is 51.2 Å². The Hall–Kier alpha value is -3.22. The van der Waals surface area contributed by atoms with Crippen LogP contribution in [0.1, 0.15) is 37.8 Å². The van der Waals surface area contributed by atoms with Gasteiger partial charge in [-0.05, 0) is 56.9 Å². The maximum absolute atomic E-state index is 12.2. The molecule has 2 N–H and O–H groups in total. The Morgan fingerprint density at radius 3 is 2.53 bits per heavy atom. The molecule has 2 aliphatic rings. The molecular weight excluding hydrogens is 408 g/mol. The van der Waals surface area contributed by atoms with E-state index in [9.17, 15) is 9.59 Å². The van der Waals surface area contributed by atoms with Gasteiger partial charge >= 0.3 is 0 Å². The van der Waals surface area contributed by atoms with Gasteiger partial charge in [-0.1, -0.05) is 24.3 Å². The standard InChI is InChI=1S/C25H30N2O5/c1-25(2)14-18-4-3-5-21(24(18)32-25)31-15-22(28)26-13-12-17-6-10-20(11-7-17)30-16-23(29)27-19-8-9-19/h3-7,10-11,19H,8-9,12-16H2,1-2H3,(H,26,28)(H,27,29). The molecule has 0 spiro atoms.